The van der Waals surface area contributed by atoms with Crippen LogP contribution in [-0.2, 0) is 6.42 Å². The molecule has 0 aliphatic carbocycles. The molecule has 0 unspecified atom stereocenters. The Morgan fingerprint density at radius 3 is 2.52 bits per heavy atom. The lowest BCUT2D eigenvalue weighted by atomic mass is 9.98. The molecule has 2 heteroatoms. The zero-order valence-electron chi connectivity index (χ0n) is 13.6. The number of aryl methyl sites for hydroxylation is 1. The standard InChI is InChI=1S/C21H20O2/c1-14(2)12-13-17-20(22)19-15(3)8-7-11-18(19)23-21(17)16-9-5-4-6-10-16/h4-11H,1,12-13H2,2-3H3. The molecular formula is C21H20O2. The van der Waals surface area contributed by atoms with Crippen molar-refractivity contribution < 1.29 is 4.42 Å². The maximum Gasteiger partial charge on any atom is 0.196 e. The molecular weight excluding hydrogens is 284 g/mol. The van der Waals surface area contributed by atoms with Crippen molar-refractivity contribution in [2.75, 3.05) is 0 Å². The van der Waals surface area contributed by atoms with Gasteiger partial charge in [-0.2, -0.15) is 0 Å². The molecule has 0 amide bonds. The first kappa shape index (κ1) is 15.3. The topological polar surface area (TPSA) is 30.2 Å². The fourth-order valence-corrected chi connectivity index (χ4v) is 2.83. The van der Waals surface area contributed by atoms with Crippen LogP contribution in [0.4, 0.5) is 0 Å². The Hall–Kier alpha value is -2.61. The summed E-state index contributed by atoms with van der Waals surface area (Å²) in [5, 5.41) is 0.684. The monoisotopic (exact) mass is 304 g/mol. The van der Waals surface area contributed by atoms with Crippen LogP contribution in [0.25, 0.3) is 22.3 Å². The van der Waals surface area contributed by atoms with Gasteiger partial charge in [-0.05, 0) is 38.3 Å². The zero-order valence-corrected chi connectivity index (χ0v) is 13.6. The number of rotatable bonds is 4. The predicted octanol–water partition coefficient (Wildman–Crippen LogP) is 5.28. The summed E-state index contributed by atoms with van der Waals surface area (Å²) in [7, 11) is 0. The molecule has 0 radical (unpaired) electrons. The Balaban J connectivity index is 2.30. The van der Waals surface area contributed by atoms with E-state index in [0.29, 0.717) is 23.2 Å². The van der Waals surface area contributed by atoms with Crippen molar-refractivity contribution in [2.24, 2.45) is 0 Å². The van der Waals surface area contributed by atoms with Gasteiger partial charge in [-0.3, -0.25) is 4.79 Å². The van der Waals surface area contributed by atoms with Crippen molar-refractivity contribution in [1.29, 1.82) is 0 Å². The summed E-state index contributed by atoms with van der Waals surface area (Å²) >= 11 is 0. The molecule has 116 valence electrons. The average Bonchev–Trinajstić information content (AvgIpc) is 2.54. The van der Waals surface area contributed by atoms with Crippen LogP contribution in [0, 0.1) is 6.92 Å². The van der Waals surface area contributed by atoms with Gasteiger partial charge in [0.15, 0.2) is 5.43 Å². The third-order valence-electron chi connectivity index (χ3n) is 4.06. The van der Waals surface area contributed by atoms with Crippen molar-refractivity contribution in [3.05, 3.63) is 82.0 Å². The van der Waals surface area contributed by atoms with Crippen molar-refractivity contribution in [3.63, 3.8) is 0 Å². The molecule has 3 rings (SSSR count). The van der Waals surface area contributed by atoms with Crippen LogP contribution in [-0.4, -0.2) is 0 Å². The van der Waals surface area contributed by atoms with Crippen LogP contribution in [0.2, 0.25) is 0 Å². The Bertz CT molecular complexity index is 918. The Morgan fingerprint density at radius 2 is 1.83 bits per heavy atom. The van der Waals surface area contributed by atoms with Crippen molar-refractivity contribution >= 4 is 11.0 Å². The van der Waals surface area contributed by atoms with Crippen LogP contribution >= 0.6 is 0 Å². The molecule has 0 saturated heterocycles. The molecule has 2 nitrogen and oxygen atoms in total. The SMILES string of the molecule is C=C(C)CCc1c(-c2ccccc2)oc2cccc(C)c2c1=O. The summed E-state index contributed by atoms with van der Waals surface area (Å²) in [4.78, 5) is 13.1. The second-order valence-corrected chi connectivity index (χ2v) is 6.01. The van der Waals surface area contributed by atoms with Gasteiger partial charge in [0.25, 0.3) is 0 Å². The van der Waals surface area contributed by atoms with E-state index in [1.165, 1.54) is 0 Å². The van der Waals surface area contributed by atoms with E-state index in [-0.39, 0.29) is 5.43 Å². The van der Waals surface area contributed by atoms with Gasteiger partial charge in [-0.25, -0.2) is 0 Å². The van der Waals surface area contributed by atoms with Crippen LogP contribution < -0.4 is 5.43 Å². The van der Waals surface area contributed by atoms with Gasteiger partial charge in [0.1, 0.15) is 11.3 Å². The normalized spacial score (nSPS) is 10.9. The van der Waals surface area contributed by atoms with Gasteiger partial charge in [-0.1, -0.05) is 48.0 Å². The third kappa shape index (κ3) is 2.98. The summed E-state index contributed by atoms with van der Waals surface area (Å²) in [6.07, 6.45) is 1.42. The highest BCUT2D eigenvalue weighted by atomic mass is 16.3. The number of hydrogen-bond donors (Lipinski definition) is 0. The minimum Gasteiger partial charge on any atom is -0.456 e. The van der Waals surface area contributed by atoms with Gasteiger partial charge in [0, 0.05) is 11.1 Å². The number of hydrogen-bond acceptors (Lipinski definition) is 2. The minimum absolute atomic E-state index is 0.0736. The highest BCUT2D eigenvalue weighted by molar-refractivity contribution is 5.83. The summed E-state index contributed by atoms with van der Waals surface area (Å²) in [5.41, 5.74) is 4.41. The number of fused-ring (bicyclic) bond motifs is 1. The van der Waals surface area contributed by atoms with Crippen LogP contribution in [0.3, 0.4) is 0 Å². The summed E-state index contributed by atoms with van der Waals surface area (Å²) < 4.78 is 6.14. The number of allylic oxidation sites excluding steroid dienone is 1. The van der Waals surface area contributed by atoms with Crippen LogP contribution in [0.5, 0.6) is 0 Å². The van der Waals surface area contributed by atoms with Crippen LogP contribution in [0.15, 0.2) is 69.9 Å². The van der Waals surface area contributed by atoms with E-state index in [9.17, 15) is 4.79 Å². The molecule has 23 heavy (non-hydrogen) atoms. The molecule has 2 aromatic carbocycles. The fourth-order valence-electron chi connectivity index (χ4n) is 2.83. The molecule has 0 saturated carbocycles. The van der Waals surface area contributed by atoms with E-state index < -0.39 is 0 Å². The highest BCUT2D eigenvalue weighted by Gasteiger charge is 2.16. The third-order valence-corrected chi connectivity index (χ3v) is 4.06. The summed E-state index contributed by atoms with van der Waals surface area (Å²) in [6, 6.07) is 15.6. The lowest BCUT2D eigenvalue weighted by molar-refractivity contribution is 0.608. The highest BCUT2D eigenvalue weighted by Crippen LogP contribution is 2.28. The average molecular weight is 304 g/mol. The molecule has 0 spiro atoms. The molecule has 0 aliphatic rings. The van der Waals surface area contributed by atoms with Crippen molar-refractivity contribution in [1.82, 2.24) is 0 Å². The molecule has 1 heterocycles. The number of benzene rings is 2. The van der Waals surface area contributed by atoms with Crippen molar-refractivity contribution in [2.45, 2.75) is 26.7 Å². The van der Waals surface area contributed by atoms with E-state index in [1.54, 1.807) is 0 Å². The molecule has 0 N–H and O–H groups in total. The summed E-state index contributed by atoms with van der Waals surface area (Å²) in [5.74, 6) is 0.676. The summed E-state index contributed by atoms with van der Waals surface area (Å²) in [6.45, 7) is 7.88. The maximum absolute atomic E-state index is 13.1. The van der Waals surface area contributed by atoms with Gasteiger partial charge in [0.2, 0.25) is 0 Å². The van der Waals surface area contributed by atoms with Gasteiger partial charge in [0.05, 0.1) is 5.39 Å². The molecule has 0 fully saturated rings. The maximum atomic E-state index is 13.1. The first-order chi connectivity index (χ1) is 11.1. The lowest BCUT2D eigenvalue weighted by Crippen LogP contribution is -2.12. The van der Waals surface area contributed by atoms with E-state index >= 15 is 0 Å². The second kappa shape index (κ2) is 6.25. The zero-order chi connectivity index (χ0) is 16.4. The minimum atomic E-state index is 0.0736. The molecule has 0 aliphatic heterocycles. The van der Waals surface area contributed by atoms with E-state index in [1.807, 2.05) is 62.4 Å². The van der Waals surface area contributed by atoms with Crippen molar-refractivity contribution in [3.8, 4) is 11.3 Å². The van der Waals surface area contributed by atoms with Gasteiger partial charge >= 0.3 is 0 Å². The van der Waals surface area contributed by atoms with E-state index in [0.717, 1.165) is 28.7 Å². The predicted molar refractivity (Wildman–Crippen MR) is 95.8 cm³/mol. The Labute approximate surface area is 136 Å². The smallest absolute Gasteiger partial charge is 0.196 e. The Morgan fingerprint density at radius 1 is 1.09 bits per heavy atom. The second-order valence-electron chi connectivity index (χ2n) is 6.01. The Kier molecular flexibility index (Phi) is 4.16. The van der Waals surface area contributed by atoms with Gasteiger partial charge < -0.3 is 4.42 Å². The first-order valence-electron chi connectivity index (χ1n) is 7.83. The largest absolute Gasteiger partial charge is 0.456 e. The lowest BCUT2D eigenvalue weighted by Gasteiger charge is -2.11. The van der Waals surface area contributed by atoms with E-state index in [4.69, 9.17) is 4.42 Å². The van der Waals surface area contributed by atoms with Gasteiger partial charge in [-0.15, -0.1) is 6.58 Å². The van der Waals surface area contributed by atoms with E-state index in [2.05, 4.69) is 6.58 Å². The first-order valence-corrected chi connectivity index (χ1v) is 7.83. The fraction of sp³-hybridized carbons (Fsp3) is 0.190. The molecule has 0 bridgehead atoms. The quantitative estimate of drug-likeness (QED) is 0.614. The van der Waals surface area contributed by atoms with Crippen LogP contribution in [0.1, 0.15) is 24.5 Å². The molecule has 3 aromatic rings. The molecule has 0 atom stereocenters. The molecule has 1 aromatic heterocycles.